The number of aromatic nitrogens is 4. The molecule has 1 N–H and O–H groups in total. The minimum atomic E-state index is -0.129. The van der Waals surface area contributed by atoms with E-state index in [1.165, 1.54) is 0 Å². The summed E-state index contributed by atoms with van der Waals surface area (Å²) < 4.78 is 7.66. The van der Waals surface area contributed by atoms with Crippen LogP contribution in [-0.4, -0.2) is 50.8 Å². The van der Waals surface area contributed by atoms with Gasteiger partial charge in [0.2, 0.25) is 5.91 Å². The molecule has 0 unspecified atom stereocenters. The predicted molar refractivity (Wildman–Crippen MR) is 117 cm³/mol. The number of hydrogen-bond acceptors (Lipinski definition) is 6. The van der Waals surface area contributed by atoms with E-state index in [0.717, 1.165) is 79.4 Å². The molecule has 0 bridgehead atoms. The number of methoxy groups -OCH3 is 1. The number of ether oxygens (including phenoxy) is 1. The van der Waals surface area contributed by atoms with E-state index in [2.05, 4.69) is 43.2 Å². The molecule has 162 valence electrons. The van der Waals surface area contributed by atoms with Crippen LogP contribution in [0.15, 0.2) is 30.3 Å². The van der Waals surface area contributed by atoms with Gasteiger partial charge in [-0.2, -0.15) is 0 Å². The Hall–Kier alpha value is -3.00. The number of para-hydroxylation sites is 1. The largest absolute Gasteiger partial charge is 0.494 e. The summed E-state index contributed by atoms with van der Waals surface area (Å²) in [7, 11) is 1.68. The van der Waals surface area contributed by atoms with Gasteiger partial charge in [0.25, 0.3) is 0 Å². The maximum Gasteiger partial charge on any atom is 0.223 e. The van der Waals surface area contributed by atoms with Crippen molar-refractivity contribution in [2.45, 2.75) is 45.3 Å². The van der Waals surface area contributed by atoms with Gasteiger partial charge in [-0.25, -0.2) is 4.98 Å². The van der Waals surface area contributed by atoms with Gasteiger partial charge in [-0.15, -0.1) is 10.2 Å². The van der Waals surface area contributed by atoms with E-state index in [9.17, 15) is 4.79 Å². The van der Waals surface area contributed by atoms with Gasteiger partial charge in [0.15, 0.2) is 5.82 Å². The van der Waals surface area contributed by atoms with Crippen molar-refractivity contribution in [2.24, 2.45) is 5.92 Å². The van der Waals surface area contributed by atoms with E-state index < -0.39 is 0 Å². The summed E-state index contributed by atoms with van der Waals surface area (Å²) >= 11 is 0. The van der Waals surface area contributed by atoms with Crippen molar-refractivity contribution in [1.82, 2.24) is 30.0 Å². The van der Waals surface area contributed by atoms with E-state index >= 15 is 0 Å². The third-order valence-electron chi connectivity index (χ3n) is 6.19. The van der Waals surface area contributed by atoms with Crippen molar-refractivity contribution in [3.63, 3.8) is 0 Å². The van der Waals surface area contributed by atoms with Gasteiger partial charge >= 0.3 is 0 Å². The number of nitrogens with zero attached hydrogens (tertiary/aromatic N) is 5. The average molecular weight is 421 g/mol. The number of amides is 1. The van der Waals surface area contributed by atoms with Crippen LogP contribution in [0.25, 0.3) is 10.9 Å². The Balaban J connectivity index is 1.28. The monoisotopic (exact) mass is 420 g/mol. The Bertz CT molecular complexity index is 1110. The first kappa shape index (κ1) is 19.9. The zero-order valence-corrected chi connectivity index (χ0v) is 18.0. The fourth-order valence-corrected chi connectivity index (χ4v) is 4.25. The van der Waals surface area contributed by atoms with Crippen molar-refractivity contribution >= 4 is 16.8 Å². The van der Waals surface area contributed by atoms with E-state index in [-0.39, 0.29) is 17.9 Å². The number of carbonyl (C=O) groups excluding carboxylic acids is 1. The first-order valence-electron chi connectivity index (χ1n) is 11.0. The molecule has 1 fully saturated rings. The summed E-state index contributed by atoms with van der Waals surface area (Å²) in [5.74, 6) is 2.96. The van der Waals surface area contributed by atoms with Gasteiger partial charge in [-0.3, -0.25) is 9.69 Å². The Labute approximate surface area is 181 Å². The Morgan fingerprint density at radius 2 is 2.06 bits per heavy atom. The fourth-order valence-electron chi connectivity index (χ4n) is 4.25. The van der Waals surface area contributed by atoms with Crippen molar-refractivity contribution in [2.75, 3.05) is 20.2 Å². The zero-order chi connectivity index (χ0) is 21.4. The van der Waals surface area contributed by atoms with Gasteiger partial charge in [0.1, 0.15) is 17.1 Å². The molecule has 2 aliphatic rings. The molecular formula is C23H28N6O2. The lowest BCUT2D eigenvalue weighted by Gasteiger charge is -2.20. The molecule has 31 heavy (non-hydrogen) atoms. The number of nitrogens with one attached hydrogen (secondary N) is 1. The predicted octanol–water partition coefficient (Wildman–Crippen LogP) is 2.48. The van der Waals surface area contributed by atoms with Crippen LogP contribution >= 0.6 is 0 Å². The molecule has 0 radical (unpaired) electrons. The molecule has 1 aliphatic heterocycles. The van der Waals surface area contributed by atoms with E-state index in [1.807, 2.05) is 19.1 Å². The highest BCUT2D eigenvalue weighted by Gasteiger charge is 2.31. The highest BCUT2D eigenvalue weighted by molar-refractivity contribution is 5.84. The van der Waals surface area contributed by atoms with E-state index in [1.54, 1.807) is 7.11 Å². The number of fused-ring (bicyclic) bond motifs is 2. The van der Waals surface area contributed by atoms with E-state index in [4.69, 9.17) is 9.72 Å². The van der Waals surface area contributed by atoms with Crippen LogP contribution in [-0.2, 0) is 24.3 Å². The minimum Gasteiger partial charge on any atom is -0.494 e. The molecule has 1 aliphatic carbocycles. The third kappa shape index (κ3) is 4.12. The molecule has 1 aromatic carbocycles. The summed E-state index contributed by atoms with van der Waals surface area (Å²) in [5.41, 5.74) is 1.93. The van der Waals surface area contributed by atoms with Gasteiger partial charge in [-0.1, -0.05) is 18.2 Å². The van der Waals surface area contributed by atoms with Gasteiger partial charge in [0, 0.05) is 43.9 Å². The number of hydrogen-bond donors (Lipinski definition) is 1. The summed E-state index contributed by atoms with van der Waals surface area (Å²) in [6.07, 6.45) is 2.83. The Kier molecular flexibility index (Phi) is 5.31. The Morgan fingerprint density at radius 1 is 1.19 bits per heavy atom. The van der Waals surface area contributed by atoms with E-state index in [0.29, 0.717) is 0 Å². The minimum absolute atomic E-state index is 0.129. The average Bonchev–Trinajstić information content (AvgIpc) is 3.58. The van der Waals surface area contributed by atoms with Crippen LogP contribution in [0.3, 0.4) is 0 Å². The van der Waals surface area contributed by atoms with Crippen LogP contribution in [0.5, 0.6) is 5.75 Å². The quantitative estimate of drug-likeness (QED) is 0.660. The molecule has 1 saturated carbocycles. The van der Waals surface area contributed by atoms with Crippen LogP contribution in [0.1, 0.15) is 43.1 Å². The molecule has 8 heteroatoms. The normalized spacial score (nSPS) is 17.7. The molecule has 1 atom stereocenters. The highest BCUT2D eigenvalue weighted by Crippen LogP contribution is 2.30. The van der Waals surface area contributed by atoms with Gasteiger partial charge in [0.05, 0.1) is 18.8 Å². The second-order valence-corrected chi connectivity index (χ2v) is 8.49. The van der Waals surface area contributed by atoms with Crippen LogP contribution < -0.4 is 10.1 Å². The van der Waals surface area contributed by atoms with Crippen LogP contribution in [0.4, 0.5) is 0 Å². The van der Waals surface area contributed by atoms with Gasteiger partial charge in [-0.05, 0) is 31.9 Å². The molecule has 1 amide bonds. The van der Waals surface area contributed by atoms with Crippen molar-refractivity contribution in [1.29, 1.82) is 0 Å². The SMILES string of the molecule is COc1cccc2ccc(CN3CCc4nnc([C@H](C)NC(=O)C5CC5)n4CC3)nc12. The number of benzene rings is 1. The molecule has 0 spiro atoms. The Morgan fingerprint density at radius 3 is 2.87 bits per heavy atom. The smallest absolute Gasteiger partial charge is 0.223 e. The first-order chi connectivity index (χ1) is 15.1. The lowest BCUT2D eigenvalue weighted by atomic mass is 10.2. The molecule has 3 heterocycles. The maximum absolute atomic E-state index is 12.1. The first-order valence-corrected chi connectivity index (χ1v) is 11.0. The summed E-state index contributed by atoms with van der Waals surface area (Å²) in [6, 6.07) is 10.1. The number of carbonyl (C=O) groups is 1. The molecule has 2 aromatic heterocycles. The van der Waals surface area contributed by atoms with Crippen LogP contribution in [0.2, 0.25) is 0 Å². The number of pyridine rings is 1. The lowest BCUT2D eigenvalue weighted by molar-refractivity contribution is -0.123. The van der Waals surface area contributed by atoms with Crippen molar-refractivity contribution in [3.8, 4) is 5.75 Å². The second kappa shape index (κ2) is 8.26. The molecule has 8 nitrogen and oxygen atoms in total. The second-order valence-electron chi connectivity index (χ2n) is 8.49. The lowest BCUT2D eigenvalue weighted by Crippen LogP contribution is -2.31. The summed E-state index contributed by atoms with van der Waals surface area (Å²) in [4.78, 5) is 19.4. The number of rotatable bonds is 6. The van der Waals surface area contributed by atoms with Crippen molar-refractivity contribution < 1.29 is 9.53 Å². The van der Waals surface area contributed by atoms with Gasteiger partial charge < -0.3 is 14.6 Å². The molecular weight excluding hydrogens is 392 g/mol. The fraction of sp³-hybridized carbons (Fsp3) is 0.478. The topological polar surface area (TPSA) is 85.2 Å². The highest BCUT2D eigenvalue weighted by atomic mass is 16.5. The molecule has 5 rings (SSSR count). The van der Waals surface area contributed by atoms with Crippen LogP contribution in [0, 0.1) is 5.92 Å². The standard InChI is InChI=1S/C23H28N6O2/c1-15(24-23(30)17-6-7-17)22-27-26-20-10-11-28(12-13-29(20)22)14-18-9-8-16-4-3-5-19(31-2)21(16)25-18/h3-5,8-9,15,17H,6-7,10-14H2,1-2H3,(H,24,30)/t15-/m0/s1. The third-order valence-corrected chi connectivity index (χ3v) is 6.19. The molecule has 3 aromatic rings. The maximum atomic E-state index is 12.1. The summed E-state index contributed by atoms with van der Waals surface area (Å²) in [5, 5.41) is 13.0. The zero-order valence-electron chi connectivity index (χ0n) is 18.0. The molecule has 0 saturated heterocycles. The van der Waals surface area contributed by atoms with Crippen molar-refractivity contribution in [3.05, 3.63) is 47.7 Å². The summed E-state index contributed by atoms with van der Waals surface area (Å²) in [6.45, 7) is 5.35.